The number of benzene rings is 1. The fraction of sp³-hybridized carbons (Fsp3) is 0.267. The minimum absolute atomic E-state index is 0.467. The van der Waals surface area contributed by atoms with E-state index in [2.05, 4.69) is 11.1 Å². The van der Waals surface area contributed by atoms with Crippen molar-refractivity contribution in [3.05, 3.63) is 54.4 Å². The lowest BCUT2D eigenvalue weighted by molar-refractivity contribution is 0.307. The molecule has 0 saturated carbocycles. The SMILES string of the molecule is OB(O)c1ccc(OCCCCc2cccnc2)cc1. The van der Waals surface area contributed by atoms with Gasteiger partial charge in [0.15, 0.2) is 0 Å². The van der Waals surface area contributed by atoms with Crippen LogP contribution in [0.1, 0.15) is 18.4 Å². The molecule has 2 N–H and O–H groups in total. The van der Waals surface area contributed by atoms with Gasteiger partial charge in [-0.3, -0.25) is 4.98 Å². The van der Waals surface area contributed by atoms with Crippen LogP contribution >= 0.6 is 0 Å². The van der Waals surface area contributed by atoms with Crippen LogP contribution in [0.25, 0.3) is 0 Å². The van der Waals surface area contributed by atoms with Crippen molar-refractivity contribution in [2.24, 2.45) is 0 Å². The monoisotopic (exact) mass is 271 g/mol. The summed E-state index contributed by atoms with van der Waals surface area (Å²) in [6.07, 6.45) is 6.70. The molecule has 0 aliphatic heterocycles. The molecular weight excluding hydrogens is 253 g/mol. The molecule has 20 heavy (non-hydrogen) atoms. The number of ether oxygens (including phenoxy) is 1. The Labute approximate surface area is 119 Å². The summed E-state index contributed by atoms with van der Waals surface area (Å²) in [4.78, 5) is 4.08. The molecule has 5 heteroatoms. The van der Waals surface area contributed by atoms with Gasteiger partial charge in [-0.2, -0.15) is 0 Å². The molecule has 0 aliphatic rings. The first-order valence-corrected chi connectivity index (χ1v) is 6.73. The number of aromatic nitrogens is 1. The zero-order valence-electron chi connectivity index (χ0n) is 11.3. The highest BCUT2D eigenvalue weighted by Gasteiger charge is 2.09. The van der Waals surface area contributed by atoms with Crippen LogP contribution < -0.4 is 10.2 Å². The molecule has 0 aliphatic carbocycles. The smallest absolute Gasteiger partial charge is 0.488 e. The average molecular weight is 271 g/mol. The maximum atomic E-state index is 8.98. The Morgan fingerprint density at radius 1 is 1.05 bits per heavy atom. The molecular formula is C15H18BNO3. The molecule has 0 spiro atoms. The molecule has 2 aromatic rings. The minimum atomic E-state index is -1.43. The van der Waals surface area contributed by atoms with Crippen molar-refractivity contribution in [3.63, 3.8) is 0 Å². The summed E-state index contributed by atoms with van der Waals surface area (Å²) in [6.45, 7) is 0.654. The summed E-state index contributed by atoms with van der Waals surface area (Å²) in [7, 11) is -1.43. The number of rotatable bonds is 7. The van der Waals surface area contributed by atoms with E-state index in [1.807, 2.05) is 12.3 Å². The lowest BCUT2D eigenvalue weighted by Crippen LogP contribution is -2.29. The van der Waals surface area contributed by atoms with E-state index in [1.165, 1.54) is 5.56 Å². The summed E-state index contributed by atoms with van der Waals surface area (Å²) >= 11 is 0. The van der Waals surface area contributed by atoms with Gasteiger partial charge in [-0.15, -0.1) is 0 Å². The first-order valence-electron chi connectivity index (χ1n) is 6.73. The second kappa shape index (κ2) is 7.67. The van der Waals surface area contributed by atoms with Crippen LogP contribution in [0.15, 0.2) is 48.8 Å². The summed E-state index contributed by atoms with van der Waals surface area (Å²) in [5.41, 5.74) is 1.71. The Morgan fingerprint density at radius 3 is 2.50 bits per heavy atom. The van der Waals surface area contributed by atoms with Gasteiger partial charge in [0.2, 0.25) is 0 Å². The fourth-order valence-electron chi connectivity index (χ4n) is 1.90. The quantitative estimate of drug-likeness (QED) is 0.586. The fourth-order valence-corrected chi connectivity index (χ4v) is 1.90. The number of aryl methyl sites for hydroxylation is 1. The van der Waals surface area contributed by atoms with E-state index in [9.17, 15) is 0 Å². The minimum Gasteiger partial charge on any atom is -0.494 e. The maximum absolute atomic E-state index is 8.98. The van der Waals surface area contributed by atoms with E-state index in [0.29, 0.717) is 12.1 Å². The summed E-state index contributed by atoms with van der Waals surface area (Å²) in [5.74, 6) is 0.746. The molecule has 0 atom stereocenters. The van der Waals surface area contributed by atoms with Gasteiger partial charge >= 0.3 is 7.12 Å². The molecule has 0 radical (unpaired) electrons. The molecule has 2 rings (SSSR count). The summed E-state index contributed by atoms with van der Waals surface area (Å²) in [6, 6.07) is 10.8. The van der Waals surface area contributed by atoms with Crippen LogP contribution in [0.2, 0.25) is 0 Å². The largest absolute Gasteiger partial charge is 0.494 e. The Hall–Kier alpha value is -1.85. The Balaban J connectivity index is 1.66. The Morgan fingerprint density at radius 2 is 1.85 bits per heavy atom. The second-order valence-electron chi connectivity index (χ2n) is 4.61. The third-order valence-electron chi connectivity index (χ3n) is 3.03. The zero-order chi connectivity index (χ0) is 14.2. The average Bonchev–Trinajstić information content (AvgIpc) is 2.48. The van der Waals surface area contributed by atoms with Crippen molar-refractivity contribution in [1.29, 1.82) is 0 Å². The lowest BCUT2D eigenvalue weighted by atomic mass is 9.80. The zero-order valence-corrected chi connectivity index (χ0v) is 11.3. The van der Waals surface area contributed by atoms with Gasteiger partial charge < -0.3 is 14.8 Å². The van der Waals surface area contributed by atoms with Gasteiger partial charge in [0.25, 0.3) is 0 Å². The second-order valence-corrected chi connectivity index (χ2v) is 4.61. The highest BCUT2D eigenvalue weighted by atomic mass is 16.5. The van der Waals surface area contributed by atoms with Crippen molar-refractivity contribution in [2.45, 2.75) is 19.3 Å². The molecule has 104 valence electrons. The number of pyridine rings is 1. The number of hydrogen-bond donors (Lipinski definition) is 2. The molecule has 0 fully saturated rings. The van der Waals surface area contributed by atoms with Gasteiger partial charge in [0.05, 0.1) is 6.61 Å². The van der Waals surface area contributed by atoms with E-state index < -0.39 is 7.12 Å². The van der Waals surface area contributed by atoms with Crippen LogP contribution in [0.3, 0.4) is 0 Å². The molecule has 0 bridgehead atoms. The van der Waals surface area contributed by atoms with Crippen LogP contribution in [0, 0.1) is 0 Å². The van der Waals surface area contributed by atoms with Gasteiger partial charge in [0, 0.05) is 12.4 Å². The summed E-state index contributed by atoms with van der Waals surface area (Å²) in [5, 5.41) is 18.0. The molecule has 0 unspecified atom stereocenters. The van der Waals surface area contributed by atoms with E-state index in [4.69, 9.17) is 14.8 Å². The van der Waals surface area contributed by atoms with Gasteiger partial charge in [-0.1, -0.05) is 18.2 Å². The maximum Gasteiger partial charge on any atom is 0.488 e. The first-order chi connectivity index (χ1) is 9.75. The first kappa shape index (κ1) is 14.6. The molecule has 0 saturated heterocycles. The van der Waals surface area contributed by atoms with E-state index in [0.717, 1.165) is 25.0 Å². The van der Waals surface area contributed by atoms with Crippen molar-refractivity contribution in [3.8, 4) is 5.75 Å². The van der Waals surface area contributed by atoms with Gasteiger partial charge in [-0.05, 0) is 48.5 Å². The van der Waals surface area contributed by atoms with Crippen molar-refractivity contribution in [1.82, 2.24) is 4.98 Å². The molecule has 0 amide bonds. The number of hydrogen-bond acceptors (Lipinski definition) is 4. The van der Waals surface area contributed by atoms with Gasteiger partial charge in [0.1, 0.15) is 5.75 Å². The van der Waals surface area contributed by atoms with Crippen molar-refractivity contribution >= 4 is 12.6 Å². The third kappa shape index (κ3) is 4.68. The number of unbranched alkanes of at least 4 members (excludes halogenated alkanes) is 1. The van der Waals surface area contributed by atoms with Crippen LogP contribution in [-0.4, -0.2) is 28.8 Å². The Kier molecular flexibility index (Phi) is 5.59. The lowest BCUT2D eigenvalue weighted by Gasteiger charge is -2.07. The van der Waals surface area contributed by atoms with E-state index in [-0.39, 0.29) is 0 Å². The molecule has 1 aromatic heterocycles. The molecule has 1 aromatic carbocycles. The van der Waals surface area contributed by atoms with Crippen LogP contribution in [-0.2, 0) is 6.42 Å². The van der Waals surface area contributed by atoms with Crippen molar-refractivity contribution in [2.75, 3.05) is 6.61 Å². The molecule has 4 nitrogen and oxygen atoms in total. The van der Waals surface area contributed by atoms with Crippen LogP contribution in [0.5, 0.6) is 5.75 Å². The highest BCUT2D eigenvalue weighted by molar-refractivity contribution is 6.58. The third-order valence-corrected chi connectivity index (χ3v) is 3.03. The Bertz CT molecular complexity index is 502. The van der Waals surface area contributed by atoms with E-state index in [1.54, 1.807) is 30.5 Å². The summed E-state index contributed by atoms with van der Waals surface area (Å²) < 4.78 is 5.60. The molecule has 1 heterocycles. The van der Waals surface area contributed by atoms with Gasteiger partial charge in [-0.25, -0.2) is 0 Å². The number of nitrogens with zero attached hydrogens (tertiary/aromatic N) is 1. The topological polar surface area (TPSA) is 62.6 Å². The normalized spacial score (nSPS) is 10.3. The standard InChI is InChI=1S/C15H18BNO3/c18-16(19)14-6-8-15(9-7-14)20-11-2-1-4-13-5-3-10-17-12-13/h3,5-10,12,18-19H,1-2,4,11H2. The highest BCUT2D eigenvalue weighted by Crippen LogP contribution is 2.09. The van der Waals surface area contributed by atoms with E-state index >= 15 is 0 Å². The van der Waals surface area contributed by atoms with Crippen LogP contribution in [0.4, 0.5) is 0 Å². The predicted octanol–water partition coefficient (Wildman–Crippen LogP) is 1.16. The van der Waals surface area contributed by atoms with Crippen molar-refractivity contribution < 1.29 is 14.8 Å². The predicted molar refractivity (Wildman–Crippen MR) is 78.9 cm³/mol.